The molecule has 0 bridgehead atoms. The molecule has 0 atom stereocenters. The molecule has 17 heavy (non-hydrogen) atoms. The Hall–Kier alpha value is -2.30. The van der Waals surface area contributed by atoms with Gasteiger partial charge in [0.1, 0.15) is 11.6 Å². The summed E-state index contributed by atoms with van der Waals surface area (Å²) < 4.78 is 1.78. The lowest BCUT2D eigenvalue weighted by molar-refractivity contribution is -0.137. The van der Waals surface area contributed by atoms with Crippen LogP contribution in [0, 0.1) is 0 Å². The second-order valence-electron chi connectivity index (χ2n) is 3.63. The molecule has 0 aliphatic carbocycles. The summed E-state index contributed by atoms with van der Waals surface area (Å²) in [6, 6.07) is 6.64. The van der Waals surface area contributed by atoms with E-state index < -0.39 is 5.97 Å². The van der Waals surface area contributed by atoms with Crippen LogP contribution in [0.4, 0.5) is 0 Å². The standard InChI is InChI=1S/C12H12N2O3/c15-10-3-1-9(2-4-10)12-13-6-8-14(12)7-5-11(16)17/h1-4,6,8,15H,5,7H2,(H,16,17). The predicted molar refractivity (Wildman–Crippen MR) is 61.6 cm³/mol. The molecule has 1 heterocycles. The smallest absolute Gasteiger partial charge is 0.305 e. The van der Waals surface area contributed by atoms with Crippen molar-refractivity contribution in [3.8, 4) is 17.1 Å². The number of aromatic hydroxyl groups is 1. The monoisotopic (exact) mass is 232 g/mol. The van der Waals surface area contributed by atoms with Gasteiger partial charge < -0.3 is 14.8 Å². The van der Waals surface area contributed by atoms with Crippen molar-refractivity contribution in [2.75, 3.05) is 0 Å². The molecule has 1 aromatic carbocycles. The third kappa shape index (κ3) is 2.63. The maximum atomic E-state index is 10.5. The Morgan fingerprint density at radius 3 is 2.65 bits per heavy atom. The molecule has 0 saturated heterocycles. The Kier molecular flexibility index (Phi) is 3.09. The molecule has 0 aliphatic rings. The summed E-state index contributed by atoms with van der Waals surface area (Å²) in [5.41, 5.74) is 0.846. The van der Waals surface area contributed by atoms with E-state index in [0.717, 1.165) is 5.56 Å². The minimum Gasteiger partial charge on any atom is -0.508 e. The topological polar surface area (TPSA) is 75.3 Å². The number of aliphatic carboxylic acids is 1. The fourth-order valence-electron chi connectivity index (χ4n) is 1.58. The normalized spacial score (nSPS) is 10.4. The lowest BCUT2D eigenvalue weighted by Gasteiger charge is -2.06. The molecule has 0 fully saturated rings. The second-order valence-corrected chi connectivity index (χ2v) is 3.63. The quantitative estimate of drug-likeness (QED) is 0.841. The first-order valence-electron chi connectivity index (χ1n) is 5.19. The molecule has 2 aromatic rings. The van der Waals surface area contributed by atoms with Gasteiger partial charge in [0.05, 0.1) is 6.42 Å². The van der Waals surface area contributed by atoms with E-state index in [9.17, 15) is 9.90 Å². The fourth-order valence-corrected chi connectivity index (χ4v) is 1.58. The highest BCUT2D eigenvalue weighted by Gasteiger charge is 2.07. The number of benzene rings is 1. The summed E-state index contributed by atoms with van der Waals surface area (Å²) >= 11 is 0. The van der Waals surface area contributed by atoms with E-state index in [-0.39, 0.29) is 12.2 Å². The maximum absolute atomic E-state index is 10.5. The van der Waals surface area contributed by atoms with Crippen molar-refractivity contribution in [2.24, 2.45) is 0 Å². The number of carbonyl (C=O) groups is 1. The van der Waals surface area contributed by atoms with Crippen molar-refractivity contribution < 1.29 is 15.0 Å². The van der Waals surface area contributed by atoms with Crippen LogP contribution >= 0.6 is 0 Å². The van der Waals surface area contributed by atoms with Gasteiger partial charge in [0.25, 0.3) is 0 Å². The summed E-state index contributed by atoms with van der Waals surface area (Å²) in [5, 5.41) is 17.8. The minimum absolute atomic E-state index is 0.0570. The van der Waals surface area contributed by atoms with Crippen molar-refractivity contribution in [3.05, 3.63) is 36.7 Å². The first-order valence-corrected chi connectivity index (χ1v) is 5.19. The first-order chi connectivity index (χ1) is 8.16. The van der Waals surface area contributed by atoms with E-state index in [1.807, 2.05) is 0 Å². The number of hydrogen-bond acceptors (Lipinski definition) is 3. The summed E-state index contributed by atoms with van der Waals surface area (Å²) in [5.74, 6) is 0.0546. The molecule has 5 nitrogen and oxygen atoms in total. The van der Waals surface area contributed by atoms with Crippen LogP contribution in [0.3, 0.4) is 0 Å². The third-order valence-electron chi connectivity index (χ3n) is 2.41. The van der Waals surface area contributed by atoms with Crippen molar-refractivity contribution in [1.29, 1.82) is 0 Å². The largest absolute Gasteiger partial charge is 0.508 e. The van der Waals surface area contributed by atoms with E-state index in [2.05, 4.69) is 4.98 Å². The van der Waals surface area contributed by atoms with Crippen molar-refractivity contribution in [2.45, 2.75) is 13.0 Å². The molecule has 0 saturated carbocycles. The average molecular weight is 232 g/mol. The van der Waals surface area contributed by atoms with E-state index in [1.165, 1.54) is 0 Å². The van der Waals surface area contributed by atoms with Gasteiger partial charge in [-0.15, -0.1) is 0 Å². The van der Waals surface area contributed by atoms with Crippen LogP contribution in [-0.4, -0.2) is 25.7 Å². The summed E-state index contributed by atoms with van der Waals surface area (Å²) in [6.07, 6.45) is 3.43. The summed E-state index contributed by atoms with van der Waals surface area (Å²) in [7, 11) is 0. The molecular weight excluding hydrogens is 220 g/mol. The van der Waals surface area contributed by atoms with Crippen LogP contribution in [0.5, 0.6) is 5.75 Å². The molecule has 0 radical (unpaired) electrons. The van der Waals surface area contributed by atoms with E-state index in [1.54, 1.807) is 41.2 Å². The molecule has 0 spiro atoms. The molecule has 5 heteroatoms. The number of nitrogens with zero attached hydrogens (tertiary/aromatic N) is 2. The maximum Gasteiger partial charge on any atom is 0.305 e. The van der Waals surface area contributed by atoms with Crippen LogP contribution in [0.15, 0.2) is 36.7 Å². The van der Waals surface area contributed by atoms with Crippen LogP contribution < -0.4 is 0 Å². The van der Waals surface area contributed by atoms with E-state index in [0.29, 0.717) is 12.4 Å². The molecule has 2 rings (SSSR count). The Morgan fingerprint density at radius 1 is 1.29 bits per heavy atom. The van der Waals surface area contributed by atoms with E-state index >= 15 is 0 Å². The summed E-state index contributed by atoms with van der Waals surface area (Å²) in [4.78, 5) is 14.7. The Labute approximate surface area is 98.0 Å². The fraction of sp³-hybridized carbons (Fsp3) is 0.167. The van der Waals surface area contributed by atoms with Crippen molar-refractivity contribution in [3.63, 3.8) is 0 Å². The summed E-state index contributed by atoms with van der Waals surface area (Å²) in [6.45, 7) is 0.380. The number of rotatable bonds is 4. The number of aromatic nitrogens is 2. The highest BCUT2D eigenvalue weighted by molar-refractivity contribution is 5.66. The molecule has 0 unspecified atom stereocenters. The van der Waals surface area contributed by atoms with Gasteiger partial charge in [0, 0.05) is 24.5 Å². The minimum atomic E-state index is -0.838. The zero-order valence-corrected chi connectivity index (χ0v) is 9.08. The molecule has 0 amide bonds. The molecule has 88 valence electrons. The Balaban J connectivity index is 2.24. The number of carboxylic acids is 1. The van der Waals surface area contributed by atoms with Gasteiger partial charge in [0.2, 0.25) is 0 Å². The Bertz CT molecular complexity index is 517. The van der Waals surface area contributed by atoms with Gasteiger partial charge in [-0.3, -0.25) is 4.79 Å². The highest BCUT2D eigenvalue weighted by Crippen LogP contribution is 2.20. The number of hydrogen-bond donors (Lipinski definition) is 2. The number of aryl methyl sites for hydroxylation is 1. The van der Waals surface area contributed by atoms with Gasteiger partial charge in [-0.25, -0.2) is 4.98 Å². The zero-order chi connectivity index (χ0) is 12.3. The number of phenols is 1. The number of phenolic OH excluding ortho intramolecular Hbond substituents is 1. The first kappa shape index (κ1) is 11.2. The van der Waals surface area contributed by atoms with Crippen LogP contribution in [0.1, 0.15) is 6.42 Å². The van der Waals surface area contributed by atoms with Crippen LogP contribution in [0.2, 0.25) is 0 Å². The van der Waals surface area contributed by atoms with E-state index in [4.69, 9.17) is 5.11 Å². The molecular formula is C12H12N2O3. The SMILES string of the molecule is O=C(O)CCn1ccnc1-c1ccc(O)cc1. The third-order valence-corrected chi connectivity index (χ3v) is 2.41. The second kappa shape index (κ2) is 4.69. The molecule has 0 aliphatic heterocycles. The van der Waals surface area contributed by atoms with Crippen LogP contribution in [0.25, 0.3) is 11.4 Å². The van der Waals surface area contributed by atoms with Gasteiger partial charge in [0.15, 0.2) is 0 Å². The highest BCUT2D eigenvalue weighted by atomic mass is 16.4. The lowest BCUT2D eigenvalue weighted by atomic mass is 10.2. The molecule has 1 aromatic heterocycles. The number of carboxylic acid groups (broad SMARTS) is 1. The Morgan fingerprint density at radius 2 is 2.00 bits per heavy atom. The lowest BCUT2D eigenvalue weighted by Crippen LogP contribution is -2.05. The van der Waals surface area contributed by atoms with Gasteiger partial charge >= 0.3 is 5.97 Å². The molecule has 2 N–H and O–H groups in total. The predicted octanol–water partition coefficient (Wildman–Crippen LogP) is 1.73. The van der Waals surface area contributed by atoms with Gasteiger partial charge in [-0.2, -0.15) is 0 Å². The number of imidazole rings is 1. The van der Waals surface area contributed by atoms with Gasteiger partial charge in [-0.05, 0) is 24.3 Å². The van der Waals surface area contributed by atoms with Crippen molar-refractivity contribution >= 4 is 5.97 Å². The zero-order valence-electron chi connectivity index (χ0n) is 9.08. The van der Waals surface area contributed by atoms with Crippen molar-refractivity contribution in [1.82, 2.24) is 9.55 Å². The van der Waals surface area contributed by atoms with Crippen LogP contribution in [-0.2, 0) is 11.3 Å². The average Bonchev–Trinajstić information content (AvgIpc) is 2.75. The van der Waals surface area contributed by atoms with Gasteiger partial charge in [-0.1, -0.05) is 0 Å².